The van der Waals surface area contributed by atoms with E-state index in [0.29, 0.717) is 49.4 Å². The molecule has 2 heterocycles. The fraction of sp³-hybridized carbons (Fsp3) is 0.389. The van der Waals surface area contributed by atoms with Gasteiger partial charge in [-0.1, -0.05) is 42.5 Å². The molecule has 1 fully saturated rings. The van der Waals surface area contributed by atoms with Crippen LogP contribution in [0.4, 0.5) is 18.9 Å². The lowest BCUT2D eigenvalue weighted by molar-refractivity contribution is -0.272. The Morgan fingerprint density at radius 2 is 1.77 bits per heavy atom. The van der Waals surface area contributed by atoms with Crippen LogP contribution in [0, 0.1) is 6.57 Å². The SMILES string of the molecule is [C-]#[N+]c1ccc2c(c1)c(C(O)(CN1CCC(Oc3ccc(CCC(=O)OCC)cc3OC)CC1)C(F)(F)F)cn2Cc1ccccc1. The molecule has 1 aromatic heterocycles. The number of piperidine rings is 1. The molecule has 1 atom stereocenters. The second-order valence-electron chi connectivity index (χ2n) is 11.7. The van der Waals surface area contributed by atoms with Gasteiger partial charge in [0.15, 0.2) is 17.2 Å². The molecule has 0 saturated carbocycles. The van der Waals surface area contributed by atoms with E-state index in [0.717, 1.165) is 11.1 Å². The molecule has 1 unspecified atom stereocenters. The van der Waals surface area contributed by atoms with Gasteiger partial charge in [-0.25, -0.2) is 4.85 Å². The average Bonchev–Trinajstić information content (AvgIpc) is 3.42. The first kappa shape index (κ1) is 33.8. The van der Waals surface area contributed by atoms with Crippen LogP contribution in [0.2, 0.25) is 0 Å². The van der Waals surface area contributed by atoms with Crippen LogP contribution in [-0.4, -0.2) is 66.2 Å². The monoisotopic (exact) mass is 649 g/mol. The van der Waals surface area contributed by atoms with Crippen LogP contribution in [0.25, 0.3) is 15.7 Å². The summed E-state index contributed by atoms with van der Waals surface area (Å²) in [7, 11) is 1.52. The Morgan fingerprint density at radius 3 is 2.43 bits per heavy atom. The Morgan fingerprint density at radius 1 is 1.02 bits per heavy atom. The highest BCUT2D eigenvalue weighted by atomic mass is 19.4. The van der Waals surface area contributed by atoms with Crippen LogP contribution >= 0.6 is 0 Å². The molecular formula is C36H38F3N3O5. The first-order valence-electron chi connectivity index (χ1n) is 15.6. The molecule has 8 nitrogen and oxygen atoms in total. The smallest absolute Gasteiger partial charge is 0.422 e. The van der Waals surface area contributed by atoms with Crippen molar-refractivity contribution in [3.05, 3.63) is 101 Å². The number of methoxy groups -OCH3 is 1. The Hall–Kier alpha value is -4.53. The summed E-state index contributed by atoms with van der Waals surface area (Å²) in [4.78, 5) is 16.8. The topological polar surface area (TPSA) is 77.5 Å². The molecule has 47 heavy (non-hydrogen) atoms. The lowest BCUT2D eigenvalue weighted by Gasteiger charge is -2.39. The Kier molecular flexibility index (Phi) is 10.4. The van der Waals surface area contributed by atoms with Crippen molar-refractivity contribution in [2.24, 2.45) is 0 Å². The average molecular weight is 650 g/mol. The van der Waals surface area contributed by atoms with Crippen LogP contribution in [-0.2, 0) is 28.1 Å². The zero-order chi connectivity index (χ0) is 33.6. The number of fused-ring (bicyclic) bond motifs is 1. The lowest BCUT2D eigenvalue weighted by Crippen LogP contribution is -2.53. The number of halogens is 3. The Bertz CT molecular complexity index is 1730. The number of aryl methyl sites for hydroxylation is 1. The third-order valence-corrected chi connectivity index (χ3v) is 8.54. The zero-order valence-electron chi connectivity index (χ0n) is 26.4. The quantitative estimate of drug-likeness (QED) is 0.131. The van der Waals surface area contributed by atoms with E-state index in [-0.39, 0.29) is 48.2 Å². The maximum absolute atomic E-state index is 14.9. The molecule has 1 aliphatic rings. The number of likely N-dealkylation sites (tertiary alicyclic amines) is 1. The number of esters is 1. The Labute approximate surface area is 272 Å². The summed E-state index contributed by atoms with van der Waals surface area (Å²) in [5, 5.41) is 11.8. The molecule has 1 aliphatic heterocycles. The maximum Gasteiger partial charge on any atom is 0.422 e. The Balaban J connectivity index is 1.31. The van der Waals surface area contributed by atoms with Gasteiger partial charge in [-0.2, -0.15) is 13.2 Å². The van der Waals surface area contributed by atoms with E-state index < -0.39 is 18.3 Å². The van der Waals surface area contributed by atoms with Crippen molar-refractivity contribution in [3.8, 4) is 11.5 Å². The standard InChI is InChI=1S/C36H38F3N3O5/c1-4-46-34(43)15-11-25-10-14-32(33(20-25)45-3)47-28-16-18-41(19-17-28)24-35(44,36(37,38)39)30-23-42(22-26-8-6-5-7-9-26)31-13-12-27(40-2)21-29(30)31/h5-10,12-14,20-21,23,28,44H,4,11,15-19,22,24H2,1,3H3. The van der Waals surface area contributed by atoms with Gasteiger partial charge in [0.05, 0.1) is 20.3 Å². The lowest BCUT2D eigenvalue weighted by atomic mass is 9.91. The minimum absolute atomic E-state index is 0.196. The van der Waals surface area contributed by atoms with Gasteiger partial charge >= 0.3 is 12.1 Å². The van der Waals surface area contributed by atoms with E-state index in [1.807, 2.05) is 36.4 Å². The molecule has 248 valence electrons. The van der Waals surface area contributed by atoms with Gasteiger partial charge in [-0.05, 0) is 67.0 Å². The number of carbonyl (C=O) groups is 1. The van der Waals surface area contributed by atoms with E-state index in [2.05, 4.69) is 4.85 Å². The van der Waals surface area contributed by atoms with Crippen LogP contribution in [0.5, 0.6) is 11.5 Å². The van der Waals surface area contributed by atoms with Crippen LogP contribution in [0.1, 0.15) is 42.9 Å². The molecular weight excluding hydrogens is 611 g/mol. The summed E-state index contributed by atoms with van der Waals surface area (Å²) in [5.41, 5.74) is -0.965. The molecule has 1 saturated heterocycles. The summed E-state index contributed by atoms with van der Waals surface area (Å²) in [5.74, 6) is 0.743. The van der Waals surface area contributed by atoms with E-state index in [4.69, 9.17) is 20.8 Å². The summed E-state index contributed by atoms with van der Waals surface area (Å²) in [6.07, 6.45) is -2.26. The van der Waals surface area contributed by atoms with Gasteiger partial charge < -0.3 is 23.9 Å². The highest BCUT2D eigenvalue weighted by molar-refractivity contribution is 5.88. The minimum atomic E-state index is -4.98. The highest BCUT2D eigenvalue weighted by Crippen LogP contribution is 2.44. The second-order valence-corrected chi connectivity index (χ2v) is 11.7. The van der Waals surface area contributed by atoms with E-state index in [9.17, 15) is 23.1 Å². The first-order chi connectivity index (χ1) is 22.5. The van der Waals surface area contributed by atoms with Crippen molar-refractivity contribution in [2.45, 2.75) is 57.0 Å². The van der Waals surface area contributed by atoms with Crippen LogP contribution < -0.4 is 9.47 Å². The van der Waals surface area contributed by atoms with Crippen molar-refractivity contribution in [1.82, 2.24) is 9.47 Å². The number of hydrogen-bond donors (Lipinski definition) is 1. The number of alkyl halides is 3. The third kappa shape index (κ3) is 7.72. The van der Waals surface area contributed by atoms with Crippen molar-refractivity contribution >= 4 is 22.6 Å². The number of β-amino-alcohol motifs (C(OH)–C–C–N with tert-alkyl or cyclic N) is 1. The number of aliphatic hydroxyl groups is 1. The molecule has 5 rings (SSSR count). The van der Waals surface area contributed by atoms with Gasteiger partial charge in [0.25, 0.3) is 0 Å². The number of hydrogen-bond acceptors (Lipinski definition) is 6. The molecule has 0 amide bonds. The van der Waals surface area contributed by atoms with Gasteiger partial charge in [0.2, 0.25) is 5.60 Å². The van der Waals surface area contributed by atoms with Crippen molar-refractivity contribution < 1.29 is 37.3 Å². The van der Waals surface area contributed by atoms with Gasteiger partial charge in [-0.3, -0.25) is 9.69 Å². The fourth-order valence-corrected chi connectivity index (χ4v) is 6.06. The van der Waals surface area contributed by atoms with E-state index in [1.54, 1.807) is 40.7 Å². The van der Waals surface area contributed by atoms with E-state index >= 15 is 0 Å². The molecule has 0 radical (unpaired) electrons. The minimum Gasteiger partial charge on any atom is -0.493 e. The van der Waals surface area contributed by atoms with Crippen molar-refractivity contribution in [2.75, 3.05) is 33.4 Å². The number of rotatable bonds is 12. The third-order valence-electron chi connectivity index (χ3n) is 8.54. The molecule has 0 bridgehead atoms. The number of carbonyl (C=O) groups excluding carboxylic acids is 1. The zero-order valence-corrected chi connectivity index (χ0v) is 26.4. The molecule has 3 aromatic carbocycles. The molecule has 0 spiro atoms. The van der Waals surface area contributed by atoms with E-state index in [1.165, 1.54) is 19.4 Å². The normalized spacial score (nSPS) is 15.6. The predicted octanol–water partition coefficient (Wildman–Crippen LogP) is 7.04. The summed E-state index contributed by atoms with van der Waals surface area (Å²) in [6, 6.07) is 19.4. The predicted molar refractivity (Wildman–Crippen MR) is 172 cm³/mol. The number of aromatic nitrogens is 1. The number of benzene rings is 3. The summed E-state index contributed by atoms with van der Waals surface area (Å²) < 4.78 is 63.1. The first-order valence-corrected chi connectivity index (χ1v) is 15.6. The molecule has 4 aromatic rings. The number of nitrogens with zero attached hydrogens (tertiary/aromatic N) is 3. The van der Waals surface area contributed by atoms with Gasteiger partial charge in [0.1, 0.15) is 6.10 Å². The highest BCUT2D eigenvalue weighted by Gasteiger charge is 2.57. The maximum atomic E-state index is 14.9. The second kappa shape index (κ2) is 14.5. The largest absolute Gasteiger partial charge is 0.493 e. The van der Waals surface area contributed by atoms with Crippen LogP contribution in [0.15, 0.2) is 72.9 Å². The molecule has 0 aliphatic carbocycles. The number of ether oxygens (including phenoxy) is 3. The molecule has 1 N–H and O–H groups in total. The molecule has 11 heteroatoms. The summed E-state index contributed by atoms with van der Waals surface area (Å²) in [6.45, 7) is 9.72. The van der Waals surface area contributed by atoms with Crippen molar-refractivity contribution in [1.29, 1.82) is 0 Å². The fourth-order valence-electron chi connectivity index (χ4n) is 6.06. The van der Waals surface area contributed by atoms with Crippen LogP contribution in [0.3, 0.4) is 0 Å². The van der Waals surface area contributed by atoms with Gasteiger partial charge in [0, 0.05) is 49.9 Å². The van der Waals surface area contributed by atoms with Gasteiger partial charge in [-0.15, -0.1) is 0 Å². The van der Waals surface area contributed by atoms with Crippen molar-refractivity contribution in [3.63, 3.8) is 0 Å². The summed E-state index contributed by atoms with van der Waals surface area (Å²) >= 11 is 0.